The van der Waals surface area contributed by atoms with Crippen molar-refractivity contribution in [2.75, 3.05) is 30.4 Å². The van der Waals surface area contributed by atoms with Crippen LogP contribution in [0.15, 0.2) is 30.5 Å². The van der Waals surface area contributed by atoms with E-state index in [1.807, 2.05) is 24.3 Å². The van der Waals surface area contributed by atoms with Crippen LogP contribution in [0, 0.1) is 5.92 Å². The zero-order chi connectivity index (χ0) is 16.1. The minimum absolute atomic E-state index is 0.637. The summed E-state index contributed by atoms with van der Waals surface area (Å²) >= 11 is 0. The molecule has 0 saturated carbocycles. The van der Waals surface area contributed by atoms with Crippen LogP contribution in [0.4, 0.5) is 11.8 Å². The van der Waals surface area contributed by atoms with Gasteiger partial charge < -0.3 is 15.0 Å². The molecule has 1 aromatic carbocycles. The molecule has 1 aliphatic heterocycles. The summed E-state index contributed by atoms with van der Waals surface area (Å²) in [4.78, 5) is 6.82. The van der Waals surface area contributed by atoms with Gasteiger partial charge in [-0.15, -0.1) is 5.10 Å². The van der Waals surface area contributed by atoms with Crippen molar-refractivity contribution in [3.63, 3.8) is 0 Å². The highest BCUT2D eigenvalue weighted by Crippen LogP contribution is 2.21. The summed E-state index contributed by atoms with van der Waals surface area (Å²) < 4.78 is 5.37. The summed E-state index contributed by atoms with van der Waals surface area (Å²) in [6.45, 7) is 4.90. The van der Waals surface area contributed by atoms with E-state index in [4.69, 9.17) is 4.74 Å². The Morgan fingerprint density at radius 1 is 1.35 bits per heavy atom. The van der Waals surface area contributed by atoms with Gasteiger partial charge >= 0.3 is 0 Å². The Morgan fingerprint density at radius 3 is 3.04 bits per heavy atom. The van der Waals surface area contributed by atoms with E-state index in [0.717, 1.165) is 30.2 Å². The lowest BCUT2D eigenvalue weighted by molar-refractivity contribution is 0.410. The third-order valence-electron chi connectivity index (χ3n) is 4.14. The molecule has 6 heteroatoms. The average molecular weight is 313 g/mol. The van der Waals surface area contributed by atoms with Crippen molar-refractivity contribution >= 4 is 11.8 Å². The molecule has 1 aliphatic rings. The summed E-state index contributed by atoms with van der Waals surface area (Å²) in [5.74, 6) is 2.99. The van der Waals surface area contributed by atoms with Crippen molar-refractivity contribution in [1.82, 2.24) is 15.2 Å². The monoisotopic (exact) mass is 313 g/mol. The van der Waals surface area contributed by atoms with Crippen molar-refractivity contribution in [1.29, 1.82) is 0 Å². The van der Waals surface area contributed by atoms with Crippen LogP contribution >= 0.6 is 0 Å². The molecule has 6 nitrogen and oxygen atoms in total. The number of rotatable bonds is 5. The van der Waals surface area contributed by atoms with Gasteiger partial charge in [-0.2, -0.15) is 10.1 Å². The number of hydrogen-bond acceptors (Lipinski definition) is 6. The summed E-state index contributed by atoms with van der Waals surface area (Å²) in [6.07, 6.45) is 4.12. The Bertz CT molecular complexity index is 648. The molecule has 1 aromatic heterocycles. The van der Waals surface area contributed by atoms with E-state index < -0.39 is 0 Å². The number of para-hydroxylation sites is 1. The maximum Gasteiger partial charge on any atom is 0.247 e. The third-order valence-corrected chi connectivity index (χ3v) is 4.14. The number of hydrogen-bond donors (Lipinski definition) is 1. The van der Waals surface area contributed by atoms with Crippen LogP contribution in [-0.4, -0.2) is 35.4 Å². The summed E-state index contributed by atoms with van der Waals surface area (Å²) in [5.41, 5.74) is 1.08. The maximum atomic E-state index is 5.37. The van der Waals surface area contributed by atoms with Gasteiger partial charge in [0.15, 0.2) is 5.82 Å². The van der Waals surface area contributed by atoms with E-state index in [0.29, 0.717) is 18.4 Å². The molecular formula is C17H23N5O. The molecule has 1 N–H and O–H groups in total. The summed E-state index contributed by atoms with van der Waals surface area (Å²) in [6, 6.07) is 7.95. The van der Waals surface area contributed by atoms with E-state index in [1.54, 1.807) is 13.3 Å². The van der Waals surface area contributed by atoms with Crippen molar-refractivity contribution in [3.8, 4) is 5.75 Å². The standard InChI is InChI=1S/C17H23N5O/c1-13-6-5-9-22(12-13)17-20-16(11-19-21-17)18-10-14-7-3-4-8-15(14)23-2/h3-4,7-8,11,13H,5-6,9-10,12H2,1-2H3,(H,18,20,21). The second-order valence-electron chi connectivity index (χ2n) is 6.00. The van der Waals surface area contributed by atoms with Gasteiger partial charge in [-0.25, -0.2) is 0 Å². The Hall–Kier alpha value is -2.37. The highest BCUT2D eigenvalue weighted by atomic mass is 16.5. The van der Waals surface area contributed by atoms with Gasteiger partial charge in [-0.3, -0.25) is 0 Å². The van der Waals surface area contributed by atoms with Crippen LogP contribution < -0.4 is 15.0 Å². The fourth-order valence-corrected chi connectivity index (χ4v) is 2.92. The van der Waals surface area contributed by atoms with E-state index in [-0.39, 0.29) is 0 Å². The zero-order valence-electron chi connectivity index (χ0n) is 13.7. The number of ether oxygens (including phenoxy) is 1. The van der Waals surface area contributed by atoms with Crippen LogP contribution in [0.2, 0.25) is 0 Å². The minimum atomic E-state index is 0.637. The van der Waals surface area contributed by atoms with Gasteiger partial charge in [0, 0.05) is 25.2 Å². The zero-order valence-corrected chi connectivity index (χ0v) is 13.7. The second kappa shape index (κ2) is 7.26. The molecule has 0 bridgehead atoms. The lowest BCUT2D eigenvalue weighted by atomic mass is 10.0. The molecule has 2 aromatic rings. The van der Waals surface area contributed by atoms with Gasteiger partial charge in [0.25, 0.3) is 0 Å². The van der Waals surface area contributed by atoms with E-state index >= 15 is 0 Å². The molecule has 2 heterocycles. The molecule has 0 spiro atoms. The summed E-state index contributed by atoms with van der Waals surface area (Å²) in [5, 5.41) is 11.6. The first-order valence-electron chi connectivity index (χ1n) is 8.06. The van der Waals surface area contributed by atoms with Crippen LogP contribution in [-0.2, 0) is 6.54 Å². The number of benzene rings is 1. The molecule has 23 heavy (non-hydrogen) atoms. The lowest BCUT2D eigenvalue weighted by Crippen LogP contribution is -2.35. The third kappa shape index (κ3) is 3.88. The fraction of sp³-hybridized carbons (Fsp3) is 0.471. The van der Waals surface area contributed by atoms with Gasteiger partial charge in [0.05, 0.1) is 13.3 Å². The highest BCUT2D eigenvalue weighted by molar-refractivity contribution is 5.42. The second-order valence-corrected chi connectivity index (χ2v) is 6.00. The lowest BCUT2D eigenvalue weighted by Gasteiger charge is -2.30. The first kappa shape index (κ1) is 15.5. The quantitative estimate of drug-likeness (QED) is 0.916. The van der Waals surface area contributed by atoms with Crippen molar-refractivity contribution in [2.45, 2.75) is 26.3 Å². The molecule has 1 atom stereocenters. The normalized spacial score (nSPS) is 17.8. The van der Waals surface area contributed by atoms with Crippen LogP contribution in [0.25, 0.3) is 0 Å². The van der Waals surface area contributed by atoms with Crippen LogP contribution in [0.5, 0.6) is 5.75 Å². The van der Waals surface area contributed by atoms with Crippen molar-refractivity contribution < 1.29 is 4.74 Å². The average Bonchev–Trinajstić information content (AvgIpc) is 2.60. The molecular weight excluding hydrogens is 290 g/mol. The van der Waals surface area contributed by atoms with Gasteiger partial charge in [-0.05, 0) is 24.8 Å². The van der Waals surface area contributed by atoms with E-state index in [2.05, 4.69) is 32.3 Å². The van der Waals surface area contributed by atoms with Crippen molar-refractivity contribution in [3.05, 3.63) is 36.0 Å². The predicted octanol–water partition coefficient (Wildman–Crippen LogP) is 2.73. The first-order valence-corrected chi connectivity index (χ1v) is 8.06. The molecule has 0 amide bonds. The van der Waals surface area contributed by atoms with Crippen LogP contribution in [0.3, 0.4) is 0 Å². The van der Waals surface area contributed by atoms with Gasteiger partial charge in [0.2, 0.25) is 5.95 Å². The fourth-order valence-electron chi connectivity index (χ4n) is 2.92. The van der Waals surface area contributed by atoms with Crippen LogP contribution in [0.1, 0.15) is 25.3 Å². The number of methoxy groups -OCH3 is 1. The molecule has 0 radical (unpaired) electrons. The Labute approximate surface area is 136 Å². The molecule has 1 fully saturated rings. The minimum Gasteiger partial charge on any atom is -0.496 e. The SMILES string of the molecule is COc1ccccc1CNc1cnnc(N2CCCC(C)C2)n1. The van der Waals surface area contributed by atoms with Gasteiger partial charge in [-0.1, -0.05) is 25.1 Å². The number of piperidine rings is 1. The Balaban J connectivity index is 1.68. The van der Waals surface area contributed by atoms with Gasteiger partial charge in [0.1, 0.15) is 5.75 Å². The smallest absolute Gasteiger partial charge is 0.247 e. The summed E-state index contributed by atoms with van der Waals surface area (Å²) in [7, 11) is 1.68. The predicted molar refractivity (Wildman–Crippen MR) is 90.8 cm³/mol. The van der Waals surface area contributed by atoms with Crippen molar-refractivity contribution in [2.24, 2.45) is 5.92 Å². The van der Waals surface area contributed by atoms with E-state index in [1.165, 1.54) is 12.8 Å². The number of nitrogens with zero attached hydrogens (tertiary/aromatic N) is 4. The first-order chi connectivity index (χ1) is 11.3. The maximum absolute atomic E-state index is 5.37. The number of nitrogens with one attached hydrogen (secondary N) is 1. The Morgan fingerprint density at radius 2 is 2.22 bits per heavy atom. The highest BCUT2D eigenvalue weighted by Gasteiger charge is 2.19. The molecule has 3 rings (SSSR count). The molecule has 122 valence electrons. The number of anilines is 2. The van der Waals surface area contributed by atoms with E-state index in [9.17, 15) is 0 Å². The largest absolute Gasteiger partial charge is 0.496 e. The number of aromatic nitrogens is 3. The molecule has 1 saturated heterocycles. The Kier molecular flexibility index (Phi) is 4.90. The topological polar surface area (TPSA) is 63.2 Å². The molecule has 0 aliphatic carbocycles. The molecule has 1 unspecified atom stereocenters.